The van der Waals surface area contributed by atoms with Crippen molar-refractivity contribution in [3.8, 4) is 0 Å². The van der Waals surface area contributed by atoms with Gasteiger partial charge in [-0.05, 0) is 11.1 Å². The van der Waals surface area contributed by atoms with Gasteiger partial charge >= 0.3 is 0 Å². The van der Waals surface area contributed by atoms with Gasteiger partial charge in [0.1, 0.15) is 0 Å². The third-order valence-corrected chi connectivity index (χ3v) is 7.69. The fourth-order valence-corrected chi connectivity index (χ4v) is 6.07. The predicted molar refractivity (Wildman–Crippen MR) is 118 cm³/mol. The van der Waals surface area contributed by atoms with E-state index in [4.69, 9.17) is 0 Å². The molecule has 1 radical (unpaired) electrons. The van der Waals surface area contributed by atoms with Gasteiger partial charge in [-0.25, -0.2) is 0 Å². The first-order valence-corrected chi connectivity index (χ1v) is 11.0. The topological polar surface area (TPSA) is 17.1 Å². The Morgan fingerprint density at radius 1 is 0.536 bits per heavy atom. The second-order valence-corrected chi connectivity index (χ2v) is 9.18. The van der Waals surface area contributed by atoms with Crippen molar-refractivity contribution < 1.29 is 4.57 Å². The summed E-state index contributed by atoms with van der Waals surface area (Å²) in [6, 6.07) is 39.3. The minimum atomic E-state index is -3.12. The Labute approximate surface area is 166 Å². The van der Waals surface area contributed by atoms with E-state index in [9.17, 15) is 4.57 Å². The third kappa shape index (κ3) is 3.63. The van der Waals surface area contributed by atoms with Crippen molar-refractivity contribution in [2.45, 2.75) is 0 Å². The highest BCUT2D eigenvalue weighted by atomic mass is 31.2. The molecule has 0 aliphatic rings. The number of rotatable bonds is 5. The second kappa shape index (κ2) is 8.25. The molecule has 0 unspecified atom stereocenters. The van der Waals surface area contributed by atoms with Gasteiger partial charge in [0.25, 0.3) is 0 Å². The lowest BCUT2D eigenvalue weighted by molar-refractivity contribution is 0.593. The van der Waals surface area contributed by atoms with E-state index < -0.39 is 7.14 Å². The van der Waals surface area contributed by atoms with Crippen molar-refractivity contribution in [2.75, 3.05) is 0 Å². The number of benzene rings is 4. The van der Waals surface area contributed by atoms with E-state index in [-0.39, 0.29) is 0 Å². The third-order valence-electron chi connectivity index (χ3n) is 4.64. The quantitative estimate of drug-likeness (QED) is 0.312. The van der Waals surface area contributed by atoms with E-state index in [1.807, 2.05) is 121 Å². The van der Waals surface area contributed by atoms with Crippen LogP contribution in [0.1, 0.15) is 11.1 Å². The van der Waals surface area contributed by atoms with E-state index in [0.29, 0.717) is 0 Å². The van der Waals surface area contributed by atoms with Crippen LogP contribution in [0.5, 0.6) is 0 Å². The minimum Gasteiger partial charge on any atom is -0.309 e. The van der Waals surface area contributed by atoms with Crippen LogP contribution in [0, 0.1) is 6.08 Å². The van der Waals surface area contributed by atoms with Crippen LogP contribution in [0.15, 0.2) is 121 Å². The zero-order valence-electron chi connectivity index (χ0n) is 15.4. The van der Waals surface area contributed by atoms with E-state index >= 15 is 0 Å². The van der Waals surface area contributed by atoms with Crippen molar-refractivity contribution in [3.63, 3.8) is 0 Å². The van der Waals surface area contributed by atoms with E-state index in [1.165, 1.54) is 0 Å². The van der Waals surface area contributed by atoms with Crippen LogP contribution in [0.2, 0.25) is 0 Å². The van der Waals surface area contributed by atoms with E-state index in [0.717, 1.165) is 27.1 Å². The molecule has 0 N–H and O–H groups in total. The SMILES string of the molecule is O=P(C(=[C]c1ccccc1)c1ccccc1)(c1ccccc1)c1ccccc1. The molecule has 4 rings (SSSR count). The number of hydrogen-bond acceptors (Lipinski definition) is 1. The van der Waals surface area contributed by atoms with Crippen molar-refractivity contribution in [1.29, 1.82) is 0 Å². The molecule has 0 aliphatic carbocycles. The van der Waals surface area contributed by atoms with Gasteiger partial charge < -0.3 is 4.57 Å². The standard InChI is InChI=1S/C26H20OP/c27-28(24-17-9-3-10-18-24,25-19-11-4-12-20-25)26(23-15-7-2-8-16-23)21-22-13-5-1-6-14-22/h1-20H. The summed E-state index contributed by atoms with van der Waals surface area (Å²) in [7, 11) is -3.12. The molecule has 0 bridgehead atoms. The molecule has 2 heteroatoms. The summed E-state index contributed by atoms with van der Waals surface area (Å²) >= 11 is 0. The van der Waals surface area contributed by atoms with E-state index in [2.05, 4.69) is 6.08 Å². The molecule has 4 aromatic rings. The maximum absolute atomic E-state index is 14.8. The first-order chi connectivity index (χ1) is 13.8. The van der Waals surface area contributed by atoms with Crippen molar-refractivity contribution in [3.05, 3.63) is 139 Å². The molecule has 28 heavy (non-hydrogen) atoms. The highest BCUT2D eigenvalue weighted by Gasteiger charge is 2.32. The van der Waals surface area contributed by atoms with Gasteiger partial charge in [0.05, 0.1) is 0 Å². The Kier molecular flexibility index (Phi) is 5.37. The van der Waals surface area contributed by atoms with Gasteiger partial charge in [-0.15, -0.1) is 0 Å². The van der Waals surface area contributed by atoms with Crippen LogP contribution in [0.4, 0.5) is 0 Å². The number of hydrogen-bond donors (Lipinski definition) is 0. The van der Waals surface area contributed by atoms with Gasteiger partial charge in [-0.2, -0.15) is 0 Å². The summed E-state index contributed by atoms with van der Waals surface area (Å²) < 4.78 is 14.8. The Morgan fingerprint density at radius 2 is 0.929 bits per heavy atom. The molecule has 0 amide bonds. The van der Waals surface area contributed by atoms with Crippen molar-refractivity contribution in [2.24, 2.45) is 0 Å². The van der Waals surface area contributed by atoms with Crippen molar-refractivity contribution >= 4 is 23.1 Å². The van der Waals surface area contributed by atoms with Crippen LogP contribution in [0.3, 0.4) is 0 Å². The average molecular weight is 379 g/mol. The first-order valence-electron chi connectivity index (χ1n) is 9.25. The Bertz CT molecular complexity index is 1060. The van der Waals surface area contributed by atoms with E-state index in [1.54, 1.807) is 0 Å². The highest BCUT2D eigenvalue weighted by molar-refractivity contribution is 7.87. The Morgan fingerprint density at radius 3 is 1.39 bits per heavy atom. The predicted octanol–water partition coefficient (Wildman–Crippen LogP) is 5.89. The fraction of sp³-hybridized carbons (Fsp3) is 0. The second-order valence-electron chi connectivity index (χ2n) is 6.49. The van der Waals surface area contributed by atoms with Gasteiger partial charge in [-0.3, -0.25) is 0 Å². The lowest BCUT2D eigenvalue weighted by Gasteiger charge is -2.23. The highest BCUT2D eigenvalue weighted by Crippen LogP contribution is 2.56. The molecule has 0 saturated carbocycles. The molecule has 0 heterocycles. The van der Waals surface area contributed by atoms with Gasteiger partial charge in [0.2, 0.25) is 0 Å². The minimum absolute atomic E-state index is 0.719. The summed E-state index contributed by atoms with van der Waals surface area (Å²) in [5.41, 5.74) is 1.83. The molecule has 0 fully saturated rings. The summed E-state index contributed by atoms with van der Waals surface area (Å²) in [5.74, 6) is 0. The van der Waals surface area contributed by atoms with Crippen LogP contribution in [-0.2, 0) is 4.57 Å². The largest absolute Gasteiger partial charge is 0.309 e. The maximum Gasteiger partial charge on any atom is 0.172 e. The molecule has 4 aromatic carbocycles. The molecule has 0 atom stereocenters. The molecule has 0 saturated heterocycles. The molecular weight excluding hydrogens is 359 g/mol. The fourth-order valence-electron chi connectivity index (χ4n) is 3.27. The molecule has 0 spiro atoms. The van der Waals surface area contributed by atoms with Crippen LogP contribution < -0.4 is 10.6 Å². The van der Waals surface area contributed by atoms with Crippen LogP contribution in [-0.4, -0.2) is 0 Å². The first kappa shape index (κ1) is 18.2. The normalized spacial score (nSPS) is 11.9. The summed E-state index contributed by atoms with van der Waals surface area (Å²) in [6.07, 6.45) is 3.49. The zero-order valence-corrected chi connectivity index (χ0v) is 16.3. The molecule has 0 aliphatic heterocycles. The summed E-state index contributed by atoms with van der Waals surface area (Å²) in [5, 5.41) is 2.34. The zero-order chi connectivity index (χ0) is 19.2. The van der Waals surface area contributed by atoms with Gasteiger partial charge in [-0.1, -0.05) is 121 Å². The average Bonchev–Trinajstić information content (AvgIpc) is 2.79. The van der Waals surface area contributed by atoms with Crippen LogP contribution >= 0.6 is 7.14 Å². The van der Waals surface area contributed by atoms with Gasteiger partial charge in [0, 0.05) is 22.0 Å². The van der Waals surface area contributed by atoms with Crippen LogP contribution in [0.25, 0.3) is 5.31 Å². The molecule has 1 nitrogen and oxygen atoms in total. The monoisotopic (exact) mass is 379 g/mol. The lowest BCUT2D eigenvalue weighted by Crippen LogP contribution is -2.17. The van der Waals surface area contributed by atoms with Crippen molar-refractivity contribution in [1.82, 2.24) is 0 Å². The molecular formula is C26H20OP. The Hall–Kier alpha value is -3.15. The summed E-state index contributed by atoms with van der Waals surface area (Å²) in [6.45, 7) is 0. The molecule has 0 aromatic heterocycles. The Balaban J connectivity index is 2.03. The lowest BCUT2D eigenvalue weighted by atomic mass is 10.1. The summed E-state index contributed by atoms with van der Waals surface area (Å²) in [4.78, 5) is 0. The maximum atomic E-state index is 14.8. The smallest absolute Gasteiger partial charge is 0.172 e. The molecule has 135 valence electrons. The van der Waals surface area contributed by atoms with Gasteiger partial charge in [0.15, 0.2) is 7.14 Å².